The first kappa shape index (κ1) is 10.8. The Labute approximate surface area is 88.5 Å². The van der Waals surface area contributed by atoms with Crippen LogP contribution in [0.4, 0.5) is 0 Å². The van der Waals surface area contributed by atoms with Gasteiger partial charge in [-0.05, 0) is 18.8 Å². The van der Waals surface area contributed by atoms with Gasteiger partial charge >= 0.3 is 29.6 Å². The summed E-state index contributed by atoms with van der Waals surface area (Å²) in [7, 11) is 0. The molecule has 0 radical (unpaired) electrons. The number of nitrogens with zero attached hydrogens (tertiary/aromatic N) is 1. The molecular weight excluding hydrogens is 149 g/mol. The normalized spacial score (nSPS) is 17.5. The van der Waals surface area contributed by atoms with E-state index in [0.717, 1.165) is 12.8 Å². The fourth-order valence-corrected chi connectivity index (χ4v) is 1.09. The van der Waals surface area contributed by atoms with Crippen molar-refractivity contribution in [2.45, 2.75) is 12.8 Å². The van der Waals surface area contributed by atoms with E-state index in [1.165, 1.54) is 0 Å². The van der Waals surface area contributed by atoms with Crippen LogP contribution in [0.5, 0.6) is 0 Å². The second-order valence-corrected chi connectivity index (χ2v) is 2.32. The van der Waals surface area contributed by atoms with E-state index in [2.05, 4.69) is 0 Å². The van der Waals surface area contributed by atoms with E-state index in [-0.39, 0.29) is 35.5 Å². The molecule has 0 aliphatic heterocycles. The molecule has 1 rings (SSSR count). The van der Waals surface area contributed by atoms with E-state index in [1.807, 2.05) is 18.2 Å². The summed E-state index contributed by atoms with van der Waals surface area (Å²) in [4.78, 5) is 0. The standard InChI is InChI=1S/C8H9NO.Na/c9-5-8(6-10)7-3-1-2-4-7;/h1-2,6-7,10H,3-4H2;/q;+1/p-1. The molecule has 0 unspecified atom stereocenters. The minimum absolute atomic E-state index is 0. The number of hydrogen-bond acceptors (Lipinski definition) is 2. The number of nitriles is 1. The Morgan fingerprint density at radius 3 is 2.45 bits per heavy atom. The van der Waals surface area contributed by atoms with Crippen molar-refractivity contribution in [3.05, 3.63) is 24.0 Å². The monoisotopic (exact) mass is 157 g/mol. The molecule has 0 aromatic carbocycles. The SMILES string of the molecule is N#CC(=C[O-])C1CC=CC1.[Na+]. The molecule has 0 aromatic rings. The van der Waals surface area contributed by atoms with Crippen LogP contribution in [0.15, 0.2) is 24.0 Å². The molecule has 0 N–H and O–H groups in total. The van der Waals surface area contributed by atoms with Gasteiger partial charge in [0.1, 0.15) is 0 Å². The summed E-state index contributed by atoms with van der Waals surface area (Å²) in [5.41, 5.74) is 0.380. The van der Waals surface area contributed by atoms with Gasteiger partial charge in [-0.2, -0.15) is 5.26 Å². The Kier molecular flexibility index (Phi) is 5.31. The predicted octanol–water partition coefficient (Wildman–Crippen LogP) is -2.28. The van der Waals surface area contributed by atoms with Crippen LogP contribution in [0.1, 0.15) is 12.8 Å². The maximum Gasteiger partial charge on any atom is 1.00 e. The smallest absolute Gasteiger partial charge is 0.877 e. The zero-order valence-electron chi connectivity index (χ0n) is 6.58. The first-order valence-electron chi connectivity index (χ1n) is 3.25. The second-order valence-electron chi connectivity index (χ2n) is 2.32. The second kappa shape index (κ2) is 5.42. The average Bonchev–Trinajstić information content (AvgIpc) is 2.43. The van der Waals surface area contributed by atoms with E-state index in [9.17, 15) is 5.11 Å². The minimum Gasteiger partial charge on any atom is -0.877 e. The van der Waals surface area contributed by atoms with Gasteiger partial charge < -0.3 is 5.11 Å². The van der Waals surface area contributed by atoms with E-state index >= 15 is 0 Å². The Bertz CT molecular complexity index is 207. The molecule has 2 nitrogen and oxygen atoms in total. The first-order chi connectivity index (χ1) is 4.88. The number of rotatable bonds is 1. The molecule has 1 aliphatic carbocycles. The van der Waals surface area contributed by atoms with Crippen molar-refractivity contribution in [2.24, 2.45) is 5.92 Å². The van der Waals surface area contributed by atoms with Crippen LogP contribution in [0.2, 0.25) is 0 Å². The molecule has 0 aromatic heterocycles. The maximum absolute atomic E-state index is 10.2. The maximum atomic E-state index is 10.2. The van der Waals surface area contributed by atoms with Crippen LogP contribution in [-0.2, 0) is 0 Å². The van der Waals surface area contributed by atoms with Gasteiger partial charge in [0.05, 0.1) is 6.07 Å². The predicted molar refractivity (Wildman–Crippen MR) is 35.6 cm³/mol. The van der Waals surface area contributed by atoms with Gasteiger partial charge in [0.25, 0.3) is 0 Å². The zero-order chi connectivity index (χ0) is 7.40. The van der Waals surface area contributed by atoms with Gasteiger partial charge in [-0.1, -0.05) is 12.2 Å². The molecular formula is C8H8NNaO. The molecule has 0 heterocycles. The summed E-state index contributed by atoms with van der Waals surface area (Å²) >= 11 is 0. The Morgan fingerprint density at radius 2 is 2.09 bits per heavy atom. The van der Waals surface area contributed by atoms with Crippen LogP contribution in [0.25, 0.3) is 0 Å². The van der Waals surface area contributed by atoms with E-state index in [1.54, 1.807) is 0 Å². The fraction of sp³-hybridized carbons (Fsp3) is 0.375. The van der Waals surface area contributed by atoms with E-state index < -0.39 is 0 Å². The largest absolute Gasteiger partial charge is 1.00 e. The number of hydrogen-bond donors (Lipinski definition) is 0. The van der Waals surface area contributed by atoms with Crippen molar-refractivity contribution < 1.29 is 34.7 Å². The summed E-state index contributed by atoms with van der Waals surface area (Å²) in [6.07, 6.45) is 6.37. The van der Waals surface area contributed by atoms with Crippen molar-refractivity contribution in [1.29, 1.82) is 5.26 Å². The summed E-state index contributed by atoms with van der Waals surface area (Å²) < 4.78 is 0. The molecule has 0 fully saturated rings. The van der Waals surface area contributed by atoms with Crippen LogP contribution in [-0.4, -0.2) is 0 Å². The summed E-state index contributed by atoms with van der Waals surface area (Å²) in [5, 5.41) is 18.7. The Balaban J connectivity index is 0.000001000. The zero-order valence-corrected chi connectivity index (χ0v) is 8.58. The molecule has 0 bridgehead atoms. The molecule has 0 atom stereocenters. The third-order valence-electron chi connectivity index (χ3n) is 1.70. The third-order valence-corrected chi connectivity index (χ3v) is 1.70. The van der Waals surface area contributed by atoms with Crippen molar-refractivity contribution in [2.75, 3.05) is 0 Å². The molecule has 0 amide bonds. The van der Waals surface area contributed by atoms with Gasteiger partial charge in [0.15, 0.2) is 0 Å². The number of allylic oxidation sites excluding steroid dienone is 3. The molecule has 3 heteroatoms. The minimum atomic E-state index is 0. The van der Waals surface area contributed by atoms with Crippen LogP contribution in [0, 0.1) is 17.2 Å². The van der Waals surface area contributed by atoms with Crippen LogP contribution in [0.3, 0.4) is 0 Å². The van der Waals surface area contributed by atoms with Gasteiger partial charge in [-0.15, -0.1) is 6.26 Å². The van der Waals surface area contributed by atoms with E-state index in [0.29, 0.717) is 11.8 Å². The topological polar surface area (TPSA) is 46.8 Å². The Morgan fingerprint density at radius 1 is 1.55 bits per heavy atom. The molecule has 0 spiro atoms. The van der Waals surface area contributed by atoms with Gasteiger partial charge in [0.2, 0.25) is 0 Å². The molecule has 1 aliphatic rings. The van der Waals surface area contributed by atoms with Gasteiger partial charge in [0, 0.05) is 5.57 Å². The fourth-order valence-electron chi connectivity index (χ4n) is 1.09. The van der Waals surface area contributed by atoms with Crippen molar-refractivity contribution in [3.8, 4) is 6.07 Å². The average molecular weight is 157 g/mol. The van der Waals surface area contributed by atoms with Gasteiger partial charge in [-0.25, -0.2) is 0 Å². The first-order valence-corrected chi connectivity index (χ1v) is 3.25. The van der Waals surface area contributed by atoms with Crippen molar-refractivity contribution in [1.82, 2.24) is 0 Å². The van der Waals surface area contributed by atoms with Crippen LogP contribution < -0.4 is 34.7 Å². The van der Waals surface area contributed by atoms with Crippen molar-refractivity contribution >= 4 is 0 Å². The summed E-state index contributed by atoms with van der Waals surface area (Å²) in [6, 6.07) is 1.90. The van der Waals surface area contributed by atoms with E-state index in [4.69, 9.17) is 5.26 Å². The summed E-state index contributed by atoms with van der Waals surface area (Å²) in [6.45, 7) is 0. The third kappa shape index (κ3) is 2.70. The molecule has 0 saturated carbocycles. The molecule has 0 saturated heterocycles. The quantitative estimate of drug-likeness (QED) is 0.186. The van der Waals surface area contributed by atoms with Crippen LogP contribution >= 0.6 is 0 Å². The molecule has 11 heavy (non-hydrogen) atoms. The molecule has 52 valence electrons. The van der Waals surface area contributed by atoms with Crippen molar-refractivity contribution in [3.63, 3.8) is 0 Å². The Hall–Kier alpha value is -0.230. The van der Waals surface area contributed by atoms with Gasteiger partial charge in [-0.3, -0.25) is 0 Å². The summed E-state index contributed by atoms with van der Waals surface area (Å²) in [5.74, 6) is 0.169.